The van der Waals surface area contributed by atoms with Gasteiger partial charge in [-0.1, -0.05) is 91.9 Å². The predicted octanol–water partition coefficient (Wildman–Crippen LogP) is 8.23. The van der Waals surface area contributed by atoms with E-state index in [4.69, 9.17) is 14.2 Å². The number of hydrogen-bond acceptors (Lipinski definition) is 7. The van der Waals surface area contributed by atoms with E-state index in [0.717, 1.165) is 44.0 Å². The van der Waals surface area contributed by atoms with Gasteiger partial charge >= 0.3 is 0 Å². The van der Waals surface area contributed by atoms with E-state index in [1.807, 2.05) is 84.9 Å². The Balaban J connectivity index is 1.14. The fourth-order valence-corrected chi connectivity index (χ4v) is 7.69. The summed E-state index contributed by atoms with van der Waals surface area (Å²) in [7, 11) is 1.68. The molecule has 1 fully saturated rings. The van der Waals surface area contributed by atoms with Gasteiger partial charge < -0.3 is 19.3 Å². The molecule has 7 rings (SSSR count). The summed E-state index contributed by atoms with van der Waals surface area (Å²) in [5.41, 5.74) is 6.44. The molecule has 1 saturated heterocycles. The number of fused-ring (bicyclic) bond motifs is 1. The number of ether oxygens (including phenoxy) is 3. The third-order valence-electron chi connectivity index (χ3n) is 9.23. The van der Waals surface area contributed by atoms with Gasteiger partial charge in [0, 0.05) is 22.1 Å². The van der Waals surface area contributed by atoms with Crippen molar-refractivity contribution in [2.24, 2.45) is 5.92 Å². The van der Waals surface area contributed by atoms with Crippen molar-refractivity contribution in [3.05, 3.63) is 155 Å². The fraction of sp³-hybridized carbons (Fsp3) is 0.220. The molecule has 0 unspecified atom stereocenters. The average Bonchev–Trinajstić information content (AvgIpc) is 3.39. The third-order valence-corrected chi connectivity index (χ3v) is 10.4. The van der Waals surface area contributed by atoms with Crippen LogP contribution in [0, 0.1) is 5.92 Å². The highest BCUT2D eigenvalue weighted by atomic mass is 32.2. The van der Waals surface area contributed by atoms with Gasteiger partial charge in [0.15, 0.2) is 6.29 Å². The van der Waals surface area contributed by atoms with Crippen LogP contribution in [0.2, 0.25) is 0 Å². The molecule has 0 spiro atoms. The van der Waals surface area contributed by atoms with Crippen molar-refractivity contribution in [1.82, 2.24) is 4.90 Å². The number of benzene rings is 5. The van der Waals surface area contributed by atoms with E-state index < -0.39 is 6.29 Å². The summed E-state index contributed by atoms with van der Waals surface area (Å²) in [5.74, 6) is 1.03. The van der Waals surface area contributed by atoms with E-state index >= 15 is 0 Å². The molecule has 2 heterocycles. The van der Waals surface area contributed by atoms with Crippen molar-refractivity contribution in [1.29, 1.82) is 0 Å². The van der Waals surface area contributed by atoms with Crippen LogP contribution in [-0.4, -0.2) is 40.8 Å². The standard InChI is InChI=1S/C41H37NO6S/c1-26-36(25-49-37-16-6-5-15-35(37)46-2)47-41(48-38(26)29-19-17-27(24-43)18-20-29)32-12-8-11-31(22-32)30-10-7-9-28(21-30)23-42-39(44)33-13-3-4-14-34(33)40(42)45/h3-22,26,36,38,41,43H,23-25H2,1-2H3/t26-,36+,38+,41+/m1/s1. The molecule has 2 amide bonds. The number of aliphatic hydroxyl groups excluding tert-OH is 1. The van der Waals surface area contributed by atoms with Gasteiger partial charge in [0.05, 0.1) is 43.6 Å². The van der Waals surface area contributed by atoms with Crippen molar-refractivity contribution in [3.8, 4) is 16.9 Å². The number of imide groups is 1. The van der Waals surface area contributed by atoms with Crippen LogP contribution >= 0.6 is 11.8 Å². The number of carbonyl (C=O) groups is 2. The van der Waals surface area contributed by atoms with E-state index in [1.165, 1.54) is 4.90 Å². The number of amides is 2. The molecular formula is C41H37NO6S. The minimum absolute atomic E-state index is 0.0163. The number of methoxy groups -OCH3 is 1. The van der Waals surface area contributed by atoms with Crippen LogP contribution in [-0.2, 0) is 22.6 Å². The number of para-hydroxylation sites is 1. The molecule has 2 aliphatic heterocycles. The van der Waals surface area contributed by atoms with Crippen LogP contribution < -0.4 is 4.74 Å². The lowest BCUT2D eigenvalue weighted by Gasteiger charge is -2.41. The summed E-state index contributed by atoms with van der Waals surface area (Å²) in [6.45, 7) is 2.33. The second-order valence-electron chi connectivity index (χ2n) is 12.4. The summed E-state index contributed by atoms with van der Waals surface area (Å²) >= 11 is 1.70. The first-order valence-electron chi connectivity index (χ1n) is 16.3. The maximum atomic E-state index is 13.0. The monoisotopic (exact) mass is 671 g/mol. The molecule has 2 aliphatic rings. The third kappa shape index (κ3) is 6.78. The summed E-state index contributed by atoms with van der Waals surface area (Å²) in [4.78, 5) is 28.4. The zero-order valence-corrected chi connectivity index (χ0v) is 28.1. The number of thioether (sulfide) groups is 1. The molecule has 49 heavy (non-hydrogen) atoms. The predicted molar refractivity (Wildman–Crippen MR) is 189 cm³/mol. The van der Waals surface area contributed by atoms with Gasteiger partial charge in [-0.2, -0.15) is 0 Å². The number of carbonyl (C=O) groups excluding carboxylic acids is 2. The Morgan fingerprint density at radius 3 is 2.12 bits per heavy atom. The zero-order chi connectivity index (χ0) is 33.9. The van der Waals surface area contributed by atoms with Crippen molar-refractivity contribution >= 4 is 23.6 Å². The number of nitrogens with zero attached hydrogens (tertiary/aromatic N) is 1. The smallest absolute Gasteiger partial charge is 0.261 e. The number of hydrogen-bond donors (Lipinski definition) is 1. The first-order chi connectivity index (χ1) is 23.9. The van der Waals surface area contributed by atoms with Crippen LogP contribution in [0.5, 0.6) is 5.75 Å². The average molecular weight is 672 g/mol. The molecule has 0 bridgehead atoms. The summed E-state index contributed by atoms with van der Waals surface area (Å²) in [6, 6.07) is 38.9. The molecule has 5 aromatic carbocycles. The van der Waals surface area contributed by atoms with E-state index in [9.17, 15) is 14.7 Å². The maximum absolute atomic E-state index is 13.0. The quantitative estimate of drug-likeness (QED) is 0.118. The van der Waals surface area contributed by atoms with Gasteiger partial charge in [-0.25, -0.2) is 0 Å². The van der Waals surface area contributed by atoms with Crippen molar-refractivity contribution in [2.45, 2.75) is 43.5 Å². The molecular weight excluding hydrogens is 635 g/mol. The minimum Gasteiger partial charge on any atom is -0.496 e. The van der Waals surface area contributed by atoms with Gasteiger partial charge in [-0.3, -0.25) is 14.5 Å². The molecule has 5 aromatic rings. The molecule has 7 nitrogen and oxygen atoms in total. The highest BCUT2D eigenvalue weighted by molar-refractivity contribution is 7.99. The number of aliphatic hydroxyl groups is 1. The second-order valence-corrected chi connectivity index (χ2v) is 13.4. The maximum Gasteiger partial charge on any atom is 0.261 e. The molecule has 0 radical (unpaired) electrons. The van der Waals surface area contributed by atoms with Gasteiger partial charge in [0.1, 0.15) is 5.75 Å². The molecule has 248 valence electrons. The first-order valence-corrected chi connectivity index (χ1v) is 17.3. The molecule has 0 aromatic heterocycles. The zero-order valence-electron chi connectivity index (χ0n) is 27.3. The van der Waals surface area contributed by atoms with Crippen LogP contribution in [0.3, 0.4) is 0 Å². The van der Waals surface area contributed by atoms with Crippen LogP contribution in [0.15, 0.2) is 126 Å². The fourth-order valence-electron chi connectivity index (χ4n) is 6.50. The Morgan fingerprint density at radius 2 is 1.41 bits per heavy atom. The Kier molecular flexibility index (Phi) is 9.64. The highest BCUT2D eigenvalue weighted by Crippen LogP contribution is 2.44. The minimum atomic E-state index is -0.622. The summed E-state index contributed by atoms with van der Waals surface area (Å²) < 4.78 is 19.1. The van der Waals surface area contributed by atoms with Crippen molar-refractivity contribution < 1.29 is 28.9 Å². The van der Waals surface area contributed by atoms with Crippen molar-refractivity contribution in [2.75, 3.05) is 12.9 Å². The van der Waals surface area contributed by atoms with E-state index in [-0.39, 0.29) is 43.1 Å². The summed E-state index contributed by atoms with van der Waals surface area (Å²) in [6.07, 6.45) is -0.993. The first kappa shape index (κ1) is 32.8. The van der Waals surface area contributed by atoms with Gasteiger partial charge in [-0.15, -0.1) is 11.8 Å². The lowest BCUT2D eigenvalue weighted by atomic mass is 9.91. The van der Waals surface area contributed by atoms with E-state index in [0.29, 0.717) is 16.9 Å². The molecule has 4 atom stereocenters. The molecule has 0 saturated carbocycles. The Labute approximate surface area is 290 Å². The molecule has 8 heteroatoms. The highest BCUT2D eigenvalue weighted by Gasteiger charge is 2.39. The Hall–Kier alpha value is -4.73. The topological polar surface area (TPSA) is 85.3 Å². The van der Waals surface area contributed by atoms with Crippen molar-refractivity contribution in [3.63, 3.8) is 0 Å². The van der Waals surface area contributed by atoms with Gasteiger partial charge in [-0.05, 0) is 64.2 Å². The Morgan fingerprint density at radius 1 is 0.735 bits per heavy atom. The normalized spacial score (nSPS) is 20.3. The van der Waals surface area contributed by atoms with E-state index in [2.05, 4.69) is 19.1 Å². The largest absolute Gasteiger partial charge is 0.496 e. The van der Waals surface area contributed by atoms with Gasteiger partial charge in [0.2, 0.25) is 0 Å². The van der Waals surface area contributed by atoms with E-state index in [1.54, 1.807) is 43.1 Å². The number of rotatable bonds is 10. The SMILES string of the molecule is COc1ccccc1SC[C@@H]1O[C@H](c2cccc(-c3cccc(CN4C(=O)c5ccccc5C4=O)c3)c2)O[C@H](c2ccc(CO)cc2)[C@@H]1C. The summed E-state index contributed by atoms with van der Waals surface area (Å²) in [5, 5.41) is 9.62. The second kappa shape index (κ2) is 14.4. The Bertz CT molecular complexity index is 1940. The molecule has 1 N–H and O–H groups in total. The van der Waals surface area contributed by atoms with Crippen LogP contribution in [0.4, 0.5) is 0 Å². The van der Waals surface area contributed by atoms with Crippen LogP contribution in [0.1, 0.15) is 62.3 Å². The lowest BCUT2D eigenvalue weighted by Crippen LogP contribution is -2.38. The van der Waals surface area contributed by atoms with Crippen LogP contribution in [0.25, 0.3) is 11.1 Å². The molecule has 0 aliphatic carbocycles. The van der Waals surface area contributed by atoms with Gasteiger partial charge in [0.25, 0.3) is 11.8 Å². The lowest BCUT2D eigenvalue weighted by molar-refractivity contribution is -0.268.